The van der Waals surface area contributed by atoms with Crippen molar-refractivity contribution in [2.24, 2.45) is 0 Å². The molecule has 1 aliphatic rings. The van der Waals surface area contributed by atoms with Crippen molar-refractivity contribution in [3.63, 3.8) is 0 Å². The van der Waals surface area contributed by atoms with E-state index in [1.807, 2.05) is 57.2 Å². The topological polar surface area (TPSA) is 67.2 Å². The molecule has 5 nitrogen and oxygen atoms in total. The number of aromatic hydroxyl groups is 1. The van der Waals surface area contributed by atoms with Crippen molar-refractivity contribution in [3.8, 4) is 11.4 Å². The fraction of sp³-hybridized carbons (Fsp3) is 0.238. The number of anilines is 1. The van der Waals surface area contributed by atoms with E-state index in [0.29, 0.717) is 5.82 Å². The van der Waals surface area contributed by atoms with Crippen LogP contribution in [0.15, 0.2) is 48.5 Å². The summed E-state index contributed by atoms with van der Waals surface area (Å²) in [6, 6.07) is 15.3. The maximum Gasteiger partial charge on any atom is 0.238 e. The van der Waals surface area contributed by atoms with Crippen LogP contribution in [-0.4, -0.2) is 26.0 Å². The van der Waals surface area contributed by atoms with Crippen LogP contribution < -0.4 is 5.32 Å². The van der Waals surface area contributed by atoms with Crippen molar-refractivity contribution in [3.05, 3.63) is 70.9 Å². The average Bonchev–Trinajstić information content (AvgIpc) is 2.88. The van der Waals surface area contributed by atoms with Crippen LogP contribution in [0.5, 0.6) is 5.75 Å². The van der Waals surface area contributed by atoms with E-state index in [-0.39, 0.29) is 22.2 Å². The predicted molar refractivity (Wildman–Crippen MR) is 109 cm³/mol. The number of aromatic nitrogens is 2. The minimum Gasteiger partial charge on any atom is -0.508 e. The van der Waals surface area contributed by atoms with Crippen LogP contribution in [0.4, 0.5) is 5.82 Å². The number of hydrogen-bond acceptors (Lipinski definition) is 4. The van der Waals surface area contributed by atoms with Crippen molar-refractivity contribution in [1.82, 2.24) is 9.78 Å². The molecule has 0 fully saturated rings. The average molecular weight is 379 g/mol. The number of carbonyl (C=O) groups is 1. The molecule has 0 spiro atoms. The summed E-state index contributed by atoms with van der Waals surface area (Å²) >= 11 is 1.57. The number of amides is 1. The van der Waals surface area contributed by atoms with E-state index in [0.717, 1.165) is 22.5 Å². The van der Waals surface area contributed by atoms with Gasteiger partial charge in [0.25, 0.3) is 0 Å². The van der Waals surface area contributed by atoms with Gasteiger partial charge in [0.1, 0.15) is 11.6 Å². The fourth-order valence-electron chi connectivity index (χ4n) is 3.33. The smallest absolute Gasteiger partial charge is 0.238 e. The van der Waals surface area contributed by atoms with Crippen LogP contribution in [-0.2, 0) is 4.79 Å². The lowest BCUT2D eigenvalue weighted by Crippen LogP contribution is -2.22. The van der Waals surface area contributed by atoms with Crippen LogP contribution in [0.3, 0.4) is 0 Å². The zero-order chi connectivity index (χ0) is 19.1. The van der Waals surface area contributed by atoms with Gasteiger partial charge >= 0.3 is 0 Å². The van der Waals surface area contributed by atoms with Crippen molar-refractivity contribution in [2.75, 3.05) is 5.32 Å². The Balaban J connectivity index is 1.91. The van der Waals surface area contributed by atoms with Gasteiger partial charge in [-0.3, -0.25) is 4.79 Å². The van der Waals surface area contributed by atoms with Gasteiger partial charge < -0.3 is 10.4 Å². The molecule has 27 heavy (non-hydrogen) atoms. The minimum absolute atomic E-state index is 0.0443. The van der Waals surface area contributed by atoms with Crippen LogP contribution >= 0.6 is 11.8 Å². The lowest BCUT2D eigenvalue weighted by molar-refractivity contribution is -0.115. The molecule has 138 valence electrons. The molecule has 0 unspecified atom stereocenters. The van der Waals surface area contributed by atoms with Gasteiger partial charge in [0.05, 0.1) is 21.9 Å². The highest BCUT2D eigenvalue weighted by Crippen LogP contribution is 2.46. The molecule has 0 saturated carbocycles. The molecule has 2 atom stereocenters. The molecule has 2 heterocycles. The summed E-state index contributed by atoms with van der Waals surface area (Å²) in [5, 5.41) is 17.4. The molecule has 3 aromatic rings. The summed E-state index contributed by atoms with van der Waals surface area (Å²) in [5.74, 6) is 0.873. The number of fused-ring (bicyclic) bond motifs is 1. The number of rotatable bonds is 2. The summed E-state index contributed by atoms with van der Waals surface area (Å²) in [6.07, 6.45) is 0. The van der Waals surface area contributed by atoms with Crippen LogP contribution in [0, 0.1) is 13.8 Å². The monoisotopic (exact) mass is 379 g/mol. The number of hydrogen-bond donors (Lipinski definition) is 2. The van der Waals surface area contributed by atoms with E-state index in [9.17, 15) is 9.90 Å². The molecule has 4 rings (SSSR count). The Kier molecular flexibility index (Phi) is 4.44. The van der Waals surface area contributed by atoms with Gasteiger partial charge in [-0.1, -0.05) is 29.8 Å². The number of nitrogens with one attached hydrogen (secondary N) is 1. The van der Waals surface area contributed by atoms with Gasteiger partial charge in [0.15, 0.2) is 0 Å². The summed E-state index contributed by atoms with van der Waals surface area (Å²) in [5.41, 5.74) is 4.86. The van der Waals surface area contributed by atoms with Gasteiger partial charge in [-0.15, -0.1) is 11.8 Å². The van der Waals surface area contributed by atoms with Gasteiger partial charge in [-0.2, -0.15) is 5.10 Å². The second kappa shape index (κ2) is 6.78. The molecular weight excluding hydrogens is 358 g/mol. The fourth-order valence-corrected chi connectivity index (χ4v) is 4.64. The number of thioether (sulfide) groups is 1. The molecule has 1 aromatic heterocycles. The maximum atomic E-state index is 12.6. The first-order chi connectivity index (χ1) is 12.9. The molecule has 2 N–H and O–H groups in total. The summed E-state index contributed by atoms with van der Waals surface area (Å²) in [7, 11) is 0. The van der Waals surface area contributed by atoms with E-state index in [1.54, 1.807) is 28.6 Å². The molecule has 0 bridgehead atoms. The van der Waals surface area contributed by atoms with Gasteiger partial charge in [0.2, 0.25) is 5.91 Å². The highest BCUT2D eigenvalue weighted by molar-refractivity contribution is 8.01. The highest BCUT2D eigenvalue weighted by atomic mass is 32.2. The lowest BCUT2D eigenvalue weighted by atomic mass is 10.0. The number of phenolic OH excluding ortho intramolecular Hbond substituents is 1. The third-order valence-corrected chi connectivity index (χ3v) is 6.17. The molecule has 0 aliphatic carbocycles. The quantitative estimate of drug-likeness (QED) is 0.694. The molecule has 0 radical (unpaired) electrons. The normalized spacial score (nSPS) is 19.3. The van der Waals surface area contributed by atoms with Crippen LogP contribution in [0.2, 0.25) is 0 Å². The van der Waals surface area contributed by atoms with E-state index in [4.69, 9.17) is 5.10 Å². The van der Waals surface area contributed by atoms with Gasteiger partial charge in [0, 0.05) is 5.56 Å². The Morgan fingerprint density at radius 3 is 2.59 bits per heavy atom. The molecule has 0 saturated heterocycles. The largest absolute Gasteiger partial charge is 0.508 e. The number of benzene rings is 2. The minimum atomic E-state index is -0.226. The van der Waals surface area contributed by atoms with Crippen LogP contribution in [0.25, 0.3) is 5.69 Å². The Bertz CT molecular complexity index is 1010. The zero-order valence-corrected chi connectivity index (χ0v) is 16.2. The van der Waals surface area contributed by atoms with Crippen molar-refractivity contribution in [2.45, 2.75) is 31.3 Å². The Morgan fingerprint density at radius 2 is 1.89 bits per heavy atom. The first-order valence-electron chi connectivity index (χ1n) is 8.86. The molecule has 1 aliphatic heterocycles. The second-order valence-electron chi connectivity index (χ2n) is 6.84. The molecule has 1 amide bonds. The number of phenols is 1. The Morgan fingerprint density at radius 1 is 1.15 bits per heavy atom. The zero-order valence-electron chi connectivity index (χ0n) is 15.4. The number of carbonyl (C=O) groups excluding carboxylic acids is 1. The van der Waals surface area contributed by atoms with E-state index >= 15 is 0 Å². The number of nitrogens with zero attached hydrogens (tertiary/aromatic N) is 2. The number of aryl methyl sites for hydroxylation is 2. The highest BCUT2D eigenvalue weighted by Gasteiger charge is 2.34. The maximum absolute atomic E-state index is 12.6. The summed E-state index contributed by atoms with van der Waals surface area (Å²) in [4.78, 5) is 12.6. The van der Waals surface area contributed by atoms with Gasteiger partial charge in [-0.05, 0) is 50.6 Å². The third-order valence-electron chi connectivity index (χ3n) is 4.77. The summed E-state index contributed by atoms with van der Waals surface area (Å²) < 4.78 is 1.80. The first-order valence-corrected chi connectivity index (χ1v) is 9.80. The van der Waals surface area contributed by atoms with E-state index in [2.05, 4.69) is 5.32 Å². The van der Waals surface area contributed by atoms with Crippen molar-refractivity contribution in [1.29, 1.82) is 0 Å². The van der Waals surface area contributed by atoms with E-state index in [1.165, 1.54) is 5.56 Å². The van der Waals surface area contributed by atoms with Crippen molar-refractivity contribution >= 4 is 23.5 Å². The second-order valence-corrected chi connectivity index (χ2v) is 8.29. The first kappa shape index (κ1) is 17.7. The SMILES string of the molecule is Cc1ccc(-n2nc(C)c3c2NC(=O)[C@@H](C)S[C@H]3c2cccc(O)c2)cc1. The third kappa shape index (κ3) is 3.21. The van der Waals surface area contributed by atoms with Gasteiger partial charge in [-0.25, -0.2) is 4.68 Å². The lowest BCUT2D eigenvalue weighted by Gasteiger charge is -2.17. The standard InChI is InChI=1S/C21H21N3O2S/c1-12-7-9-16(10-8-12)24-20-18(13(2)23-24)19(27-14(3)21(26)22-20)15-5-4-6-17(25)11-15/h4-11,14,19,25H,1-3H3,(H,22,26)/t14-,19+/m1/s1. The molecular formula is C21H21N3O2S. The summed E-state index contributed by atoms with van der Waals surface area (Å²) in [6.45, 7) is 5.90. The Labute approximate surface area is 162 Å². The molecule has 6 heteroatoms. The van der Waals surface area contributed by atoms with E-state index < -0.39 is 0 Å². The van der Waals surface area contributed by atoms with Crippen molar-refractivity contribution < 1.29 is 9.90 Å². The Hall–Kier alpha value is -2.73. The molecule has 2 aromatic carbocycles. The predicted octanol–water partition coefficient (Wildman–Crippen LogP) is 4.36. The van der Waals surface area contributed by atoms with Crippen LogP contribution in [0.1, 0.15) is 34.6 Å².